The molecule has 0 spiro atoms. The van der Waals surface area contributed by atoms with E-state index in [0.717, 1.165) is 25.9 Å². The molecule has 24 heavy (non-hydrogen) atoms. The fourth-order valence-electron chi connectivity index (χ4n) is 2.47. The number of amides is 1. The molecule has 0 radical (unpaired) electrons. The van der Waals surface area contributed by atoms with Crippen LogP contribution in [0.25, 0.3) is 0 Å². The Morgan fingerprint density at radius 2 is 2.04 bits per heavy atom. The maximum atomic E-state index is 12.1. The van der Waals surface area contributed by atoms with Crippen molar-refractivity contribution in [1.82, 2.24) is 15.4 Å². The number of hydrogen-bond donors (Lipinski definition) is 3. The van der Waals surface area contributed by atoms with Gasteiger partial charge in [-0.2, -0.15) is 0 Å². The molecule has 6 nitrogen and oxygen atoms in total. The summed E-state index contributed by atoms with van der Waals surface area (Å²) in [6.45, 7) is 6.23. The molecule has 1 aromatic carbocycles. The van der Waals surface area contributed by atoms with Crippen molar-refractivity contribution in [3.05, 3.63) is 42.5 Å². The molecule has 1 aliphatic heterocycles. The van der Waals surface area contributed by atoms with Crippen LogP contribution in [0, 0.1) is 5.92 Å². The van der Waals surface area contributed by atoms with Crippen molar-refractivity contribution in [2.45, 2.75) is 17.7 Å². The summed E-state index contributed by atoms with van der Waals surface area (Å²) in [5.41, 5.74) is 0.455. The van der Waals surface area contributed by atoms with Gasteiger partial charge in [-0.3, -0.25) is 4.79 Å². The van der Waals surface area contributed by atoms with E-state index >= 15 is 0 Å². The highest BCUT2D eigenvalue weighted by molar-refractivity contribution is 7.89. The second-order valence-electron chi connectivity index (χ2n) is 5.59. The lowest BCUT2D eigenvalue weighted by Gasteiger charge is -2.22. The van der Waals surface area contributed by atoms with E-state index in [1.807, 2.05) is 0 Å². The fraction of sp³-hybridized carbons (Fsp3) is 0.438. The second kappa shape index (κ2) is 9.78. The van der Waals surface area contributed by atoms with Crippen molar-refractivity contribution in [3.8, 4) is 0 Å². The van der Waals surface area contributed by atoms with Crippen molar-refractivity contribution in [3.63, 3.8) is 0 Å². The van der Waals surface area contributed by atoms with Crippen molar-refractivity contribution in [2.24, 2.45) is 5.92 Å². The quantitative estimate of drug-likeness (QED) is 0.629. The molecular weight excluding hydrogens is 350 g/mol. The number of benzene rings is 1. The lowest BCUT2D eigenvalue weighted by molar-refractivity contribution is 0.0944. The fourth-order valence-corrected chi connectivity index (χ4v) is 3.47. The molecule has 2 rings (SSSR count). The Bertz CT molecular complexity index is 641. The average molecular weight is 374 g/mol. The first-order valence-corrected chi connectivity index (χ1v) is 9.21. The molecule has 1 aromatic rings. The van der Waals surface area contributed by atoms with Crippen molar-refractivity contribution in [2.75, 3.05) is 26.2 Å². The minimum atomic E-state index is -3.56. The standard InChI is InChI=1S/C16H23N3O3S.ClH/c1-2-9-19-23(21,22)15-7-5-14(6-8-15)16(20)18-12-13-4-3-10-17-11-13;/h2,5-8,13,17,19H,1,3-4,9-12H2,(H,18,20);1H. The molecule has 0 aromatic heterocycles. The first-order chi connectivity index (χ1) is 11.0. The lowest BCUT2D eigenvalue weighted by Crippen LogP contribution is -2.38. The maximum absolute atomic E-state index is 12.1. The number of hydrogen-bond acceptors (Lipinski definition) is 4. The van der Waals surface area contributed by atoms with Gasteiger partial charge in [0.2, 0.25) is 10.0 Å². The van der Waals surface area contributed by atoms with E-state index in [4.69, 9.17) is 0 Å². The Labute approximate surface area is 149 Å². The predicted octanol–water partition coefficient (Wildman–Crippen LogP) is 1.30. The van der Waals surface area contributed by atoms with Gasteiger partial charge in [0.25, 0.3) is 5.91 Å². The number of piperidine rings is 1. The van der Waals surface area contributed by atoms with Crippen LogP contribution in [0.1, 0.15) is 23.2 Å². The van der Waals surface area contributed by atoms with E-state index in [2.05, 4.69) is 21.9 Å². The van der Waals surface area contributed by atoms with E-state index in [9.17, 15) is 13.2 Å². The zero-order chi connectivity index (χ0) is 16.7. The SMILES string of the molecule is C=CCNS(=O)(=O)c1ccc(C(=O)NCC2CCCNC2)cc1.Cl. The molecule has 0 bridgehead atoms. The lowest BCUT2D eigenvalue weighted by atomic mass is 10.00. The molecule has 1 saturated heterocycles. The second-order valence-corrected chi connectivity index (χ2v) is 7.35. The molecule has 1 amide bonds. The molecule has 134 valence electrons. The molecule has 1 atom stereocenters. The highest BCUT2D eigenvalue weighted by atomic mass is 35.5. The molecule has 8 heteroatoms. The van der Waals surface area contributed by atoms with E-state index in [1.54, 1.807) is 0 Å². The van der Waals surface area contributed by atoms with Crippen LogP contribution in [0.5, 0.6) is 0 Å². The summed E-state index contributed by atoms with van der Waals surface area (Å²) >= 11 is 0. The predicted molar refractivity (Wildman–Crippen MR) is 97.0 cm³/mol. The Balaban J connectivity index is 0.00000288. The Kier molecular flexibility index (Phi) is 8.41. The van der Waals surface area contributed by atoms with Crippen LogP contribution in [0.2, 0.25) is 0 Å². The maximum Gasteiger partial charge on any atom is 0.251 e. The Hall–Kier alpha value is -1.41. The van der Waals surface area contributed by atoms with Crippen LogP contribution >= 0.6 is 12.4 Å². The summed E-state index contributed by atoms with van der Waals surface area (Å²) in [4.78, 5) is 12.2. The number of carbonyl (C=O) groups is 1. The average Bonchev–Trinajstić information content (AvgIpc) is 2.59. The van der Waals surface area contributed by atoms with E-state index in [-0.39, 0.29) is 29.8 Å². The van der Waals surface area contributed by atoms with Gasteiger partial charge in [0.15, 0.2) is 0 Å². The molecule has 1 fully saturated rings. The first-order valence-electron chi connectivity index (χ1n) is 7.72. The van der Waals surface area contributed by atoms with Gasteiger partial charge >= 0.3 is 0 Å². The van der Waals surface area contributed by atoms with E-state index in [0.29, 0.717) is 18.0 Å². The van der Waals surface area contributed by atoms with Gasteiger partial charge in [0.1, 0.15) is 0 Å². The summed E-state index contributed by atoms with van der Waals surface area (Å²) < 4.78 is 26.3. The van der Waals surface area contributed by atoms with Gasteiger partial charge in [-0.15, -0.1) is 19.0 Å². The van der Waals surface area contributed by atoms with Gasteiger partial charge < -0.3 is 10.6 Å². The normalized spacial score (nSPS) is 17.6. The van der Waals surface area contributed by atoms with Crippen LogP contribution in [0.4, 0.5) is 0 Å². The van der Waals surface area contributed by atoms with Crippen LogP contribution in [-0.4, -0.2) is 40.5 Å². The third-order valence-corrected chi connectivity index (χ3v) is 5.23. The largest absolute Gasteiger partial charge is 0.352 e. The molecule has 1 heterocycles. The monoisotopic (exact) mass is 373 g/mol. The van der Waals surface area contributed by atoms with E-state index in [1.165, 1.54) is 30.3 Å². The zero-order valence-electron chi connectivity index (χ0n) is 13.5. The number of nitrogens with one attached hydrogen (secondary N) is 3. The number of halogens is 1. The molecule has 1 unspecified atom stereocenters. The minimum absolute atomic E-state index is 0. The summed E-state index contributed by atoms with van der Waals surface area (Å²) in [7, 11) is -3.56. The molecule has 0 saturated carbocycles. The van der Waals surface area contributed by atoms with Gasteiger partial charge in [0, 0.05) is 18.7 Å². The molecule has 3 N–H and O–H groups in total. The van der Waals surface area contributed by atoms with Crippen LogP contribution in [-0.2, 0) is 10.0 Å². The van der Waals surface area contributed by atoms with E-state index < -0.39 is 10.0 Å². The highest BCUT2D eigenvalue weighted by Gasteiger charge is 2.16. The van der Waals surface area contributed by atoms with Crippen molar-refractivity contribution in [1.29, 1.82) is 0 Å². The Morgan fingerprint density at radius 3 is 2.62 bits per heavy atom. The molecular formula is C16H24ClN3O3S. The number of carbonyl (C=O) groups excluding carboxylic acids is 1. The minimum Gasteiger partial charge on any atom is -0.352 e. The smallest absolute Gasteiger partial charge is 0.251 e. The van der Waals surface area contributed by atoms with Crippen LogP contribution < -0.4 is 15.4 Å². The first kappa shape index (κ1) is 20.6. The Morgan fingerprint density at radius 1 is 1.33 bits per heavy atom. The van der Waals surface area contributed by atoms with Crippen molar-refractivity contribution < 1.29 is 13.2 Å². The summed E-state index contributed by atoms with van der Waals surface area (Å²) in [5.74, 6) is 0.272. The van der Waals surface area contributed by atoms with Crippen LogP contribution in [0.3, 0.4) is 0 Å². The van der Waals surface area contributed by atoms with Crippen molar-refractivity contribution >= 4 is 28.3 Å². The summed E-state index contributed by atoms with van der Waals surface area (Å²) in [6.07, 6.45) is 3.71. The number of rotatable bonds is 7. The topological polar surface area (TPSA) is 87.3 Å². The number of sulfonamides is 1. The third-order valence-electron chi connectivity index (χ3n) is 3.79. The van der Waals surface area contributed by atoms with Gasteiger partial charge in [0.05, 0.1) is 4.90 Å². The van der Waals surface area contributed by atoms with Gasteiger partial charge in [-0.05, 0) is 56.1 Å². The summed E-state index contributed by atoms with van der Waals surface area (Å²) in [6, 6.07) is 5.92. The molecule has 0 aliphatic carbocycles. The highest BCUT2D eigenvalue weighted by Crippen LogP contribution is 2.12. The third kappa shape index (κ3) is 5.90. The van der Waals surface area contributed by atoms with Gasteiger partial charge in [-0.1, -0.05) is 6.08 Å². The summed E-state index contributed by atoms with van der Waals surface area (Å²) in [5, 5.41) is 6.21. The zero-order valence-corrected chi connectivity index (χ0v) is 15.1. The van der Waals surface area contributed by atoms with Crippen LogP contribution in [0.15, 0.2) is 41.8 Å². The van der Waals surface area contributed by atoms with Gasteiger partial charge in [-0.25, -0.2) is 13.1 Å². The molecule has 1 aliphatic rings.